The van der Waals surface area contributed by atoms with E-state index >= 15 is 0 Å². The Morgan fingerprint density at radius 1 is 0.882 bits per heavy atom. The van der Waals surface area contributed by atoms with Crippen molar-refractivity contribution >= 4 is 23.2 Å². The maximum Gasteiger partial charge on any atom is 0.250 e. The van der Waals surface area contributed by atoms with Crippen LogP contribution in [-0.2, 0) is 15.0 Å². The molecule has 7 heteroatoms. The van der Waals surface area contributed by atoms with Gasteiger partial charge in [0.1, 0.15) is 6.61 Å². The van der Waals surface area contributed by atoms with Gasteiger partial charge in [0.2, 0.25) is 18.6 Å². The molecule has 1 aliphatic heterocycles. The number of amides is 2. The van der Waals surface area contributed by atoms with Crippen LogP contribution < -0.4 is 20.1 Å². The number of hydrogen-bond donors (Lipinski definition) is 3. The Labute approximate surface area is 199 Å². The second-order valence-electron chi connectivity index (χ2n) is 8.87. The second-order valence-corrected chi connectivity index (χ2v) is 8.87. The van der Waals surface area contributed by atoms with Crippen molar-refractivity contribution in [2.75, 3.05) is 24.0 Å². The largest absolute Gasteiger partial charge is 0.454 e. The summed E-state index contributed by atoms with van der Waals surface area (Å²) in [5.74, 6) is 0.910. The quantitative estimate of drug-likeness (QED) is 0.502. The molecule has 3 aromatic rings. The minimum absolute atomic E-state index is 0. The molecule has 1 heterocycles. The number of carbonyl (C=O) groups excluding carboxylic acids is 2. The molecule has 2 amide bonds. The number of rotatable bonds is 6. The molecule has 0 saturated heterocycles. The number of aliphatic hydroxyl groups is 1. The number of carbonyl (C=O) groups is 2. The molecule has 5 rings (SSSR count). The fraction of sp³-hybridized carbons (Fsp3) is 0.259. The molecule has 1 saturated carbocycles. The van der Waals surface area contributed by atoms with Crippen LogP contribution in [-0.4, -0.2) is 30.3 Å². The maximum atomic E-state index is 13.3. The fourth-order valence-corrected chi connectivity index (χ4v) is 4.45. The van der Waals surface area contributed by atoms with E-state index in [0.29, 0.717) is 17.2 Å². The highest BCUT2D eigenvalue weighted by Crippen LogP contribution is 2.51. The van der Waals surface area contributed by atoms with Crippen molar-refractivity contribution in [2.45, 2.75) is 32.1 Å². The van der Waals surface area contributed by atoms with Crippen LogP contribution in [0.1, 0.15) is 31.0 Å². The molecule has 0 aromatic heterocycles. The molecule has 34 heavy (non-hydrogen) atoms. The smallest absolute Gasteiger partial charge is 0.250 e. The van der Waals surface area contributed by atoms with Crippen LogP contribution in [0.5, 0.6) is 11.5 Å². The van der Waals surface area contributed by atoms with Crippen molar-refractivity contribution in [1.82, 2.24) is 0 Å². The second kappa shape index (κ2) is 8.50. The van der Waals surface area contributed by atoms with Crippen molar-refractivity contribution in [2.24, 2.45) is 0 Å². The third-order valence-corrected chi connectivity index (χ3v) is 6.55. The highest BCUT2D eigenvalue weighted by molar-refractivity contribution is 6.02. The van der Waals surface area contributed by atoms with Crippen molar-refractivity contribution < 1.29 is 25.6 Å². The average Bonchev–Trinajstić information content (AvgIpc) is 3.51. The maximum absolute atomic E-state index is 13.3. The summed E-state index contributed by atoms with van der Waals surface area (Å²) in [4.78, 5) is 24.8. The molecule has 1 aliphatic carbocycles. The monoisotopic (exact) mass is 460 g/mol. The van der Waals surface area contributed by atoms with E-state index in [0.717, 1.165) is 46.3 Å². The Hall–Kier alpha value is -3.84. The zero-order chi connectivity index (χ0) is 23.9. The Balaban J connectivity index is 0.00000289. The standard InChI is InChI=1S/C27H26N2O5.H2/c1-16-3-5-20(13-22(16)21-7-6-19(11-17(21)2)28-25(31)14-30)29-26(32)27(9-10-27)18-4-8-23-24(12-18)34-15-33-23;/h3-8,11-13,30H,9-10,14-15H2,1-2H3,(H,28,31)(H,29,32);1H. The number of benzene rings is 3. The van der Waals surface area contributed by atoms with E-state index in [-0.39, 0.29) is 14.1 Å². The van der Waals surface area contributed by atoms with E-state index in [4.69, 9.17) is 14.6 Å². The summed E-state index contributed by atoms with van der Waals surface area (Å²) < 4.78 is 10.9. The van der Waals surface area contributed by atoms with Gasteiger partial charge in [-0.15, -0.1) is 0 Å². The van der Waals surface area contributed by atoms with Gasteiger partial charge < -0.3 is 25.2 Å². The zero-order valence-corrected chi connectivity index (χ0v) is 19.1. The summed E-state index contributed by atoms with van der Waals surface area (Å²) >= 11 is 0. The van der Waals surface area contributed by atoms with Crippen LogP contribution in [0.2, 0.25) is 0 Å². The van der Waals surface area contributed by atoms with E-state index in [2.05, 4.69) is 10.6 Å². The van der Waals surface area contributed by atoms with Gasteiger partial charge in [-0.2, -0.15) is 0 Å². The number of aryl methyl sites for hydroxylation is 2. The van der Waals surface area contributed by atoms with Crippen LogP contribution in [0, 0.1) is 13.8 Å². The molecular weight excluding hydrogens is 432 g/mol. The van der Waals surface area contributed by atoms with E-state index in [1.54, 1.807) is 6.07 Å². The minimum atomic E-state index is -0.560. The first-order valence-corrected chi connectivity index (χ1v) is 11.2. The molecule has 0 radical (unpaired) electrons. The van der Waals surface area contributed by atoms with Crippen molar-refractivity contribution in [3.63, 3.8) is 0 Å². The summed E-state index contributed by atoms with van der Waals surface area (Å²) in [6.07, 6.45) is 1.58. The summed E-state index contributed by atoms with van der Waals surface area (Å²) in [5.41, 5.74) is 5.81. The SMILES string of the molecule is Cc1cc(NC(=O)CO)ccc1-c1cc(NC(=O)C2(c3ccc4c(c3)OCO4)CC2)ccc1C.[HH]. The summed E-state index contributed by atoms with van der Waals surface area (Å²) in [5, 5.41) is 14.7. The molecule has 0 atom stereocenters. The van der Waals surface area contributed by atoms with Gasteiger partial charge in [-0.1, -0.05) is 18.2 Å². The van der Waals surface area contributed by atoms with Crippen molar-refractivity contribution in [3.8, 4) is 22.6 Å². The van der Waals surface area contributed by atoms with Crippen LogP contribution >= 0.6 is 0 Å². The number of aliphatic hydroxyl groups excluding tert-OH is 1. The lowest BCUT2D eigenvalue weighted by Gasteiger charge is -2.18. The number of hydrogen-bond acceptors (Lipinski definition) is 5. The normalized spacial score (nSPS) is 15.0. The van der Waals surface area contributed by atoms with Crippen LogP contribution in [0.25, 0.3) is 11.1 Å². The lowest BCUT2D eigenvalue weighted by atomic mass is 9.93. The van der Waals surface area contributed by atoms with Gasteiger partial charge in [0.05, 0.1) is 5.41 Å². The van der Waals surface area contributed by atoms with Gasteiger partial charge in [0.25, 0.3) is 0 Å². The molecule has 0 unspecified atom stereocenters. The fourth-order valence-electron chi connectivity index (χ4n) is 4.45. The van der Waals surface area contributed by atoms with E-state index in [1.807, 2.05) is 62.4 Å². The molecular formula is C27H28N2O5. The third kappa shape index (κ3) is 3.99. The average molecular weight is 461 g/mol. The molecule has 2 aliphatic rings. The molecule has 1 fully saturated rings. The Morgan fingerprint density at radius 3 is 2.35 bits per heavy atom. The zero-order valence-electron chi connectivity index (χ0n) is 19.1. The first-order valence-electron chi connectivity index (χ1n) is 11.2. The molecule has 176 valence electrons. The van der Waals surface area contributed by atoms with Crippen molar-refractivity contribution in [3.05, 3.63) is 71.3 Å². The molecule has 0 bridgehead atoms. The number of ether oxygens (including phenoxy) is 2. The summed E-state index contributed by atoms with van der Waals surface area (Å²) in [7, 11) is 0. The van der Waals surface area contributed by atoms with Gasteiger partial charge in [0.15, 0.2) is 11.5 Å². The Kier molecular flexibility index (Phi) is 5.49. The number of anilines is 2. The lowest BCUT2D eigenvalue weighted by Crippen LogP contribution is -2.27. The highest BCUT2D eigenvalue weighted by atomic mass is 16.7. The van der Waals surface area contributed by atoms with Crippen LogP contribution in [0.15, 0.2) is 54.6 Å². The topological polar surface area (TPSA) is 96.9 Å². The highest BCUT2D eigenvalue weighted by Gasteiger charge is 2.51. The molecule has 7 nitrogen and oxygen atoms in total. The van der Waals surface area contributed by atoms with E-state index in [1.165, 1.54) is 0 Å². The van der Waals surface area contributed by atoms with Gasteiger partial charge in [-0.3, -0.25) is 9.59 Å². The van der Waals surface area contributed by atoms with E-state index in [9.17, 15) is 9.59 Å². The van der Waals surface area contributed by atoms with E-state index < -0.39 is 17.9 Å². The first kappa shape index (κ1) is 22.0. The van der Waals surface area contributed by atoms with Gasteiger partial charge in [0, 0.05) is 12.8 Å². The summed E-state index contributed by atoms with van der Waals surface area (Å²) in [6.45, 7) is 3.64. The predicted molar refractivity (Wildman–Crippen MR) is 131 cm³/mol. The Bertz CT molecular complexity index is 1300. The van der Waals surface area contributed by atoms with Crippen molar-refractivity contribution in [1.29, 1.82) is 0 Å². The first-order chi connectivity index (χ1) is 16.4. The third-order valence-electron chi connectivity index (χ3n) is 6.55. The van der Waals surface area contributed by atoms with Gasteiger partial charge >= 0.3 is 0 Å². The number of fused-ring (bicyclic) bond motifs is 1. The lowest BCUT2D eigenvalue weighted by molar-refractivity contribution is -0.119. The minimum Gasteiger partial charge on any atom is -0.454 e. The van der Waals surface area contributed by atoms with Crippen LogP contribution in [0.3, 0.4) is 0 Å². The molecule has 3 aromatic carbocycles. The Morgan fingerprint density at radius 2 is 1.62 bits per heavy atom. The van der Waals surface area contributed by atoms with Gasteiger partial charge in [-0.25, -0.2) is 0 Å². The molecule has 0 spiro atoms. The summed E-state index contributed by atoms with van der Waals surface area (Å²) in [6, 6.07) is 17.2. The predicted octanol–water partition coefficient (Wildman–Crippen LogP) is 4.55. The molecule has 3 N–H and O–H groups in total. The van der Waals surface area contributed by atoms with Gasteiger partial charge in [-0.05, 0) is 90.9 Å². The van der Waals surface area contributed by atoms with Crippen LogP contribution in [0.4, 0.5) is 11.4 Å². The number of nitrogens with one attached hydrogen (secondary N) is 2.